The van der Waals surface area contributed by atoms with Crippen LogP contribution < -0.4 is 5.32 Å². The predicted octanol–water partition coefficient (Wildman–Crippen LogP) is 6.37. The number of nitro groups is 1. The first-order valence-corrected chi connectivity index (χ1v) is 16.7. The molecule has 5 atom stereocenters. The van der Waals surface area contributed by atoms with E-state index in [2.05, 4.69) is 58.7 Å². The van der Waals surface area contributed by atoms with Crippen LogP contribution in [0.2, 0.25) is 0 Å². The van der Waals surface area contributed by atoms with Crippen LogP contribution in [-0.2, 0) is 15.0 Å². The van der Waals surface area contributed by atoms with Crippen LogP contribution >= 0.6 is 0 Å². The minimum Gasteiger partial charge on any atom is -0.481 e. The molecule has 2 saturated heterocycles. The summed E-state index contributed by atoms with van der Waals surface area (Å²) in [5.74, 6) is -3.51. The summed E-state index contributed by atoms with van der Waals surface area (Å²) in [4.78, 5) is 40.6. The zero-order valence-electron chi connectivity index (χ0n) is 27.5. The minimum atomic E-state index is -1.70. The van der Waals surface area contributed by atoms with Crippen LogP contribution in [0.1, 0.15) is 75.0 Å². The van der Waals surface area contributed by atoms with Crippen molar-refractivity contribution in [2.24, 2.45) is 10.8 Å². The number of benzene rings is 3. The van der Waals surface area contributed by atoms with Crippen molar-refractivity contribution in [3.63, 3.8) is 0 Å². The highest BCUT2D eigenvalue weighted by atomic mass is 16.6. The summed E-state index contributed by atoms with van der Waals surface area (Å²) in [6.07, 6.45) is 2.22. The van der Waals surface area contributed by atoms with Crippen LogP contribution in [0.15, 0.2) is 84.9 Å². The Morgan fingerprint density at radius 3 is 1.94 bits per heavy atom. The summed E-state index contributed by atoms with van der Waals surface area (Å²) < 4.78 is 0. The average molecular weight is 653 g/mol. The van der Waals surface area contributed by atoms with Gasteiger partial charge in [0.1, 0.15) is 0 Å². The maximum atomic E-state index is 13.6. The summed E-state index contributed by atoms with van der Waals surface area (Å²) in [5, 5.41) is 46.6. The maximum absolute atomic E-state index is 13.6. The normalized spacial score (nSPS) is 27.1. The van der Waals surface area contributed by atoms with Gasteiger partial charge in [-0.05, 0) is 82.3 Å². The fourth-order valence-electron chi connectivity index (χ4n) is 8.87. The van der Waals surface area contributed by atoms with Gasteiger partial charge in [-0.2, -0.15) is 5.26 Å². The molecule has 3 N–H and O–H groups in total. The van der Waals surface area contributed by atoms with Crippen LogP contribution in [0.5, 0.6) is 0 Å². The van der Waals surface area contributed by atoms with Gasteiger partial charge in [0, 0.05) is 42.0 Å². The molecule has 0 radical (unpaired) electrons. The van der Waals surface area contributed by atoms with Crippen molar-refractivity contribution in [3.8, 4) is 6.07 Å². The lowest BCUT2D eigenvalue weighted by Gasteiger charge is -2.57. The summed E-state index contributed by atoms with van der Waals surface area (Å²) in [6, 6.07) is 27.5. The van der Waals surface area contributed by atoms with Gasteiger partial charge in [0.05, 0.1) is 21.8 Å². The number of hydrogen-bond acceptors (Lipinski definition) is 7. The number of piperidine rings is 2. The van der Waals surface area contributed by atoms with E-state index in [1.54, 1.807) is 19.9 Å². The Hall–Kier alpha value is -4.59. The molecule has 252 valence electrons. The number of non-ortho nitro benzene ring substituents is 1. The first-order valence-electron chi connectivity index (χ1n) is 16.7. The fourth-order valence-corrected chi connectivity index (χ4v) is 8.87. The Morgan fingerprint density at radius 1 is 0.896 bits per heavy atom. The van der Waals surface area contributed by atoms with Gasteiger partial charge < -0.3 is 20.4 Å². The number of nitrogens with one attached hydrogen (secondary N) is 1. The molecule has 2 aliphatic heterocycles. The number of carboxylic acids is 2. The van der Waals surface area contributed by atoms with E-state index in [4.69, 9.17) is 0 Å². The number of nitrogens with zero attached hydrogens (tertiary/aromatic N) is 3. The lowest BCUT2D eigenvalue weighted by molar-refractivity contribution is -0.385. The quantitative estimate of drug-likeness (QED) is 0.149. The average Bonchev–Trinajstić information content (AvgIpc) is 3.09. The largest absolute Gasteiger partial charge is 0.481 e. The SMILES string of the molecule is CC1NC(C)C(CCCN2CCC(c3ccccc3)(c3ccccc3)CC2)(C(=O)O)C(c2cccc([N+](=O)[O-])c2)C1(CCC#N)C(=O)O. The first-order chi connectivity index (χ1) is 23.0. The molecule has 5 rings (SSSR count). The first kappa shape index (κ1) is 34.7. The van der Waals surface area contributed by atoms with E-state index in [0.717, 1.165) is 25.9 Å². The van der Waals surface area contributed by atoms with Gasteiger partial charge in [-0.1, -0.05) is 72.8 Å². The van der Waals surface area contributed by atoms with Crippen LogP contribution in [0, 0.1) is 32.3 Å². The maximum Gasteiger partial charge on any atom is 0.311 e. The lowest BCUT2D eigenvalue weighted by Crippen LogP contribution is -2.69. The van der Waals surface area contributed by atoms with Gasteiger partial charge in [-0.3, -0.25) is 19.7 Å². The third-order valence-electron chi connectivity index (χ3n) is 11.4. The van der Waals surface area contributed by atoms with Crippen LogP contribution in [0.25, 0.3) is 0 Å². The number of rotatable bonds is 12. The topological polar surface area (TPSA) is 157 Å². The number of aliphatic carboxylic acids is 2. The van der Waals surface area contributed by atoms with Crippen molar-refractivity contribution in [2.75, 3.05) is 19.6 Å². The molecule has 0 aromatic heterocycles. The molecule has 48 heavy (non-hydrogen) atoms. The molecule has 0 amide bonds. The number of hydrogen-bond donors (Lipinski definition) is 3. The van der Waals surface area contributed by atoms with E-state index in [9.17, 15) is 35.2 Å². The van der Waals surface area contributed by atoms with E-state index in [0.29, 0.717) is 18.5 Å². The second kappa shape index (κ2) is 14.3. The van der Waals surface area contributed by atoms with Gasteiger partial charge in [0.25, 0.3) is 5.69 Å². The summed E-state index contributed by atoms with van der Waals surface area (Å²) >= 11 is 0. The number of carbonyl (C=O) groups is 2. The highest BCUT2D eigenvalue weighted by molar-refractivity contribution is 5.84. The summed E-state index contributed by atoms with van der Waals surface area (Å²) in [7, 11) is 0. The molecule has 2 aliphatic rings. The number of nitriles is 1. The highest BCUT2D eigenvalue weighted by Gasteiger charge is 2.66. The number of nitro benzene ring substituents is 1. The Bertz CT molecular complexity index is 1610. The van der Waals surface area contributed by atoms with Crippen molar-refractivity contribution in [1.82, 2.24) is 10.2 Å². The van der Waals surface area contributed by atoms with E-state index in [1.165, 1.54) is 29.3 Å². The smallest absolute Gasteiger partial charge is 0.311 e. The fraction of sp³-hybridized carbons (Fsp3) is 0.447. The molecule has 0 aliphatic carbocycles. The Kier molecular flexibility index (Phi) is 10.3. The molecule has 0 bridgehead atoms. The van der Waals surface area contributed by atoms with Crippen molar-refractivity contribution in [1.29, 1.82) is 5.26 Å². The Labute approximate surface area is 281 Å². The zero-order valence-corrected chi connectivity index (χ0v) is 27.5. The molecule has 0 saturated carbocycles. The van der Waals surface area contributed by atoms with Crippen molar-refractivity contribution in [3.05, 3.63) is 112 Å². The second-order valence-corrected chi connectivity index (χ2v) is 13.5. The molecule has 2 fully saturated rings. The van der Waals surface area contributed by atoms with Crippen molar-refractivity contribution in [2.45, 2.75) is 75.8 Å². The standard InChI is InChI=1S/C38H44N4O6/c1-27-37(34(43)44,18-10-22-39)33(29-12-9-17-32(26-29)42(47)48)38(35(45)46,28(2)40-27)19-11-23-41-24-20-36(21-25-41,30-13-5-3-6-14-30)31-15-7-4-8-16-31/h3-9,12-17,26-28,33,40H,10-11,18-21,23-25H2,1-2H3,(H,43,44)(H,45,46). The van der Waals surface area contributed by atoms with Crippen LogP contribution in [0.4, 0.5) is 5.69 Å². The van der Waals surface area contributed by atoms with Crippen LogP contribution in [-0.4, -0.2) is 63.7 Å². The molecule has 5 unspecified atom stereocenters. The van der Waals surface area contributed by atoms with Crippen LogP contribution in [0.3, 0.4) is 0 Å². The summed E-state index contributed by atoms with van der Waals surface area (Å²) in [5.41, 5.74) is -0.846. The zero-order chi connectivity index (χ0) is 34.5. The van der Waals surface area contributed by atoms with Crippen molar-refractivity contribution < 1.29 is 24.7 Å². The molecule has 10 nitrogen and oxygen atoms in total. The van der Waals surface area contributed by atoms with E-state index < -0.39 is 45.7 Å². The molecule has 0 spiro atoms. The summed E-state index contributed by atoms with van der Waals surface area (Å²) in [6.45, 7) is 5.71. The highest BCUT2D eigenvalue weighted by Crippen LogP contribution is 2.59. The van der Waals surface area contributed by atoms with E-state index in [1.807, 2.05) is 18.2 Å². The Morgan fingerprint density at radius 2 is 1.44 bits per heavy atom. The molecule has 2 heterocycles. The van der Waals surface area contributed by atoms with Gasteiger partial charge in [-0.25, -0.2) is 0 Å². The minimum absolute atomic E-state index is 0.102. The van der Waals surface area contributed by atoms with Gasteiger partial charge in [-0.15, -0.1) is 0 Å². The predicted molar refractivity (Wildman–Crippen MR) is 181 cm³/mol. The van der Waals surface area contributed by atoms with E-state index >= 15 is 0 Å². The molecular weight excluding hydrogens is 608 g/mol. The monoisotopic (exact) mass is 652 g/mol. The number of likely N-dealkylation sites (tertiary alicyclic amines) is 1. The third-order valence-corrected chi connectivity index (χ3v) is 11.4. The third kappa shape index (κ3) is 6.09. The molecule has 10 heteroatoms. The van der Waals surface area contributed by atoms with E-state index in [-0.39, 0.29) is 30.4 Å². The van der Waals surface area contributed by atoms with Gasteiger partial charge in [0.15, 0.2) is 0 Å². The van der Waals surface area contributed by atoms with Gasteiger partial charge in [0.2, 0.25) is 0 Å². The van der Waals surface area contributed by atoms with Crippen molar-refractivity contribution >= 4 is 17.6 Å². The second-order valence-electron chi connectivity index (χ2n) is 13.5. The lowest BCUT2D eigenvalue weighted by atomic mass is 9.49. The molecule has 3 aromatic rings. The van der Waals surface area contributed by atoms with Gasteiger partial charge >= 0.3 is 11.9 Å². The number of carboxylic acid groups (broad SMARTS) is 2. The molecule has 3 aromatic carbocycles. The molecular formula is C38H44N4O6. The Balaban J connectivity index is 1.46.